The van der Waals surface area contributed by atoms with E-state index >= 15 is 0 Å². The van der Waals surface area contributed by atoms with Gasteiger partial charge in [0.15, 0.2) is 0 Å². The van der Waals surface area contributed by atoms with E-state index in [4.69, 9.17) is 15.7 Å². The van der Waals surface area contributed by atoms with Gasteiger partial charge in [0, 0.05) is 6.61 Å². The molecule has 2 N–H and O–H groups in total. The maximum Gasteiger partial charge on any atom is 0.246 e. The fourth-order valence-corrected chi connectivity index (χ4v) is 1.11. The smallest absolute Gasteiger partial charge is 0.246 e. The number of amides is 1. The lowest BCUT2D eigenvalue weighted by atomic mass is 9.97. The summed E-state index contributed by atoms with van der Waals surface area (Å²) in [4.78, 5) is 10.6. The van der Waals surface area contributed by atoms with Gasteiger partial charge in [-0.3, -0.25) is 4.79 Å². The highest BCUT2D eigenvalue weighted by molar-refractivity contribution is 5.78. The Morgan fingerprint density at radius 2 is 2.45 bits per heavy atom. The van der Waals surface area contributed by atoms with Crippen molar-refractivity contribution in [3.8, 4) is 6.07 Å². The monoisotopic (exact) mass is 154 g/mol. The van der Waals surface area contributed by atoms with Crippen molar-refractivity contribution >= 4 is 5.91 Å². The standard InChI is InChI=1S/C7H10N2O2/c8-4-5-1-2-11-6(3-5)7(9)10/h5-6H,1-3H2,(H2,9,10). The molecule has 60 valence electrons. The Bertz CT molecular complexity index is 197. The minimum absolute atomic E-state index is 0.0683. The topological polar surface area (TPSA) is 76.1 Å². The number of hydrogen-bond acceptors (Lipinski definition) is 3. The van der Waals surface area contributed by atoms with Crippen molar-refractivity contribution in [2.75, 3.05) is 6.61 Å². The third-order valence-corrected chi connectivity index (χ3v) is 1.78. The van der Waals surface area contributed by atoms with Crippen molar-refractivity contribution < 1.29 is 9.53 Å². The van der Waals surface area contributed by atoms with Gasteiger partial charge in [-0.2, -0.15) is 5.26 Å². The molecule has 1 amide bonds. The summed E-state index contributed by atoms with van der Waals surface area (Å²) in [6.07, 6.45) is 0.611. The summed E-state index contributed by atoms with van der Waals surface area (Å²) in [5.74, 6) is -0.536. The van der Waals surface area contributed by atoms with Crippen LogP contribution in [0, 0.1) is 17.2 Å². The highest BCUT2D eigenvalue weighted by Gasteiger charge is 2.25. The first-order valence-electron chi connectivity index (χ1n) is 3.54. The van der Waals surface area contributed by atoms with Crippen molar-refractivity contribution in [2.24, 2.45) is 11.7 Å². The zero-order valence-electron chi connectivity index (χ0n) is 6.12. The molecule has 0 aromatic rings. The van der Waals surface area contributed by atoms with Crippen molar-refractivity contribution in [1.29, 1.82) is 5.26 Å². The molecule has 0 spiro atoms. The fourth-order valence-electron chi connectivity index (χ4n) is 1.11. The number of ether oxygens (including phenoxy) is 1. The molecule has 0 aromatic carbocycles. The molecule has 4 heteroatoms. The Morgan fingerprint density at radius 1 is 1.73 bits per heavy atom. The lowest BCUT2D eigenvalue weighted by Crippen LogP contribution is -2.36. The normalized spacial score (nSPS) is 30.8. The molecule has 0 saturated carbocycles. The number of rotatable bonds is 1. The van der Waals surface area contributed by atoms with Crippen LogP contribution in [-0.4, -0.2) is 18.6 Å². The molecule has 4 nitrogen and oxygen atoms in total. The van der Waals surface area contributed by atoms with E-state index < -0.39 is 12.0 Å². The van der Waals surface area contributed by atoms with Gasteiger partial charge in [-0.1, -0.05) is 0 Å². The maximum absolute atomic E-state index is 10.6. The molecule has 1 fully saturated rings. The Hall–Kier alpha value is -1.08. The predicted octanol–water partition coefficient (Wildman–Crippen LogP) is -0.210. The third kappa shape index (κ3) is 1.92. The van der Waals surface area contributed by atoms with Crippen LogP contribution in [0.25, 0.3) is 0 Å². The zero-order chi connectivity index (χ0) is 8.27. The number of carbonyl (C=O) groups excluding carboxylic acids is 1. The van der Waals surface area contributed by atoms with Crippen LogP contribution in [0.15, 0.2) is 0 Å². The van der Waals surface area contributed by atoms with Crippen LogP contribution in [0.3, 0.4) is 0 Å². The molecule has 0 aromatic heterocycles. The molecule has 1 aliphatic heterocycles. The van der Waals surface area contributed by atoms with E-state index in [1.807, 2.05) is 0 Å². The van der Waals surface area contributed by atoms with Gasteiger partial charge in [0.1, 0.15) is 6.10 Å². The first-order chi connectivity index (χ1) is 5.24. The third-order valence-electron chi connectivity index (χ3n) is 1.78. The summed E-state index contributed by atoms with van der Waals surface area (Å²) in [6.45, 7) is 0.464. The quantitative estimate of drug-likeness (QED) is 0.567. The largest absolute Gasteiger partial charge is 0.368 e. The second-order valence-corrected chi connectivity index (χ2v) is 2.61. The van der Waals surface area contributed by atoms with Gasteiger partial charge in [-0.05, 0) is 12.8 Å². The van der Waals surface area contributed by atoms with E-state index in [-0.39, 0.29) is 5.92 Å². The molecule has 0 radical (unpaired) electrons. The number of carbonyl (C=O) groups is 1. The first-order valence-corrected chi connectivity index (χ1v) is 3.54. The van der Waals surface area contributed by atoms with Crippen LogP contribution in [0.4, 0.5) is 0 Å². The summed E-state index contributed by atoms with van der Waals surface area (Å²) in [5, 5.41) is 8.53. The summed E-state index contributed by atoms with van der Waals surface area (Å²) in [7, 11) is 0. The van der Waals surface area contributed by atoms with Crippen LogP contribution in [0.5, 0.6) is 0 Å². The van der Waals surface area contributed by atoms with Crippen LogP contribution in [0.1, 0.15) is 12.8 Å². The second-order valence-electron chi connectivity index (χ2n) is 2.61. The molecule has 2 atom stereocenters. The molecule has 11 heavy (non-hydrogen) atoms. The summed E-state index contributed by atoms with van der Waals surface area (Å²) >= 11 is 0. The molecule has 1 heterocycles. The van der Waals surface area contributed by atoms with Crippen LogP contribution in [0.2, 0.25) is 0 Å². The molecule has 1 saturated heterocycles. The van der Waals surface area contributed by atoms with Gasteiger partial charge in [-0.15, -0.1) is 0 Å². The Morgan fingerprint density at radius 3 is 3.00 bits per heavy atom. The van der Waals surface area contributed by atoms with E-state index in [2.05, 4.69) is 6.07 Å². The van der Waals surface area contributed by atoms with Gasteiger partial charge in [0.2, 0.25) is 5.91 Å². The maximum atomic E-state index is 10.6. The average Bonchev–Trinajstić information content (AvgIpc) is 2.05. The van der Waals surface area contributed by atoms with E-state index in [1.165, 1.54) is 0 Å². The lowest BCUT2D eigenvalue weighted by Gasteiger charge is -2.22. The Balaban J connectivity index is 2.47. The van der Waals surface area contributed by atoms with Gasteiger partial charge >= 0.3 is 0 Å². The molecule has 0 aliphatic carbocycles. The zero-order valence-corrected chi connectivity index (χ0v) is 6.12. The highest BCUT2D eigenvalue weighted by atomic mass is 16.5. The minimum Gasteiger partial charge on any atom is -0.368 e. The number of nitrogens with zero attached hydrogens (tertiary/aromatic N) is 1. The molecule has 1 rings (SSSR count). The number of primary amides is 1. The predicted molar refractivity (Wildman–Crippen MR) is 37.3 cm³/mol. The molecule has 0 bridgehead atoms. The van der Waals surface area contributed by atoms with Gasteiger partial charge in [-0.25, -0.2) is 0 Å². The van der Waals surface area contributed by atoms with Gasteiger partial charge in [0.05, 0.1) is 12.0 Å². The van der Waals surface area contributed by atoms with Gasteiger partial charge in [0.25, 0.3) is 0 Å². The molecular formula is C7H10N2O2. The van der Waals surface area contributed by atoms with Crippen LogP contribution >= 0.6 is 0 Å². The number of hydrogen-bond donors (Lipinski definition) is 1. The lowest BCUT2D eigenvalue weighted by molar-refractivity contribution is -0.133. The Labute approximate surface area is 64.9 Å². The van der Waals surface area contributed by atoms with Crippen molar-refractivity contribution in [2.45, 2.75) is 18.9 Å². The van der Waals surface area contributed by atoms with E-state index in [9.17, 15) is 4.79 Å². The van der Waals surface area contributed by atoms with Crippen molar-refractivity contribution in [3.63, 3.8) is 0 Å². The van der Waals surface area contributed by atoms with Crippen LogP contribution < -0.4 is 5.73 Å². The molecule has 1 aliphatic rings. The summed E-state index contributed by atoms with van der Waals surface area (Å²) < 4.78 is 5.05. The van der Waals surface area contributed by atoms with E-state index in [0.717, 1.165) is 0 Å². The van der Waals surface area contributed by atoms with E-state index in [1.54, 1.807) is 0 Å². The minimum atomic E-state index is -0.548. The Kier molecular flexibility index (Phi) is 2.44. The molecular weight excluding hydrogens is 144 g/mol. The van der Waals surface area contributed by atoms with Crippen LogP contribution in [-0.2, 0) is 9.53 Å². The van der Waals surface area contributed by atoms with Crippen molar-refractivity contribution in [1.82, 2.24) is 0 Å². The molecule has 2 unspecified atom stereocenters. The highest BCUT2D eigenvalue weighted by Crippen LogP contribution is 2.18. The first kappa shape index (κ1) is 8.02. The summed E-state index contributed by atoms with van der Waals surface area (Å²) in [5.41, 5.74) is 5.01. The van der Waals surface area contributed by atoms with E-state index in [0.29, 0.717) is 19.4 Å². The second kappa shape index (κ2) is 3.35. The summed E-state index contributed by atoms with van der Waals surface area (Å²) in [6, 6.07) is 2.10. The fraction of sp³-hybridized carbons (Fsp3) is 0.714. The number of nitrogens with two attached hydrogens (primary N) is 1. The van der Waals surface area contributed by atoms with Gasteiger partial charge < -0.3 is 10.5 Å². The average molecular weight is 154 g/mol. The number of nitriles is 1. The SMILES string of the molecule is N#CC1CCOC(C(N)=O)C1. The van der Waals surface area contributed by atoms with Crippen molar-refractivity contribution in [3.05, 3.63) is 0 Å².